The Morgan fingerprint density at radius 3 is 2.81 bits per heavy atom. The summed E-state index contributed by atoms with van der Waals surface area (Å²) in [6.45, 7) is 1.90. The van der Waals surface area contributed by atoms with E-state index in [0.29, 0.717) is 19.7 Å². The zero-order valence-corrected chi connectivity index (χ0v) is 14.6. The van der Waals surface area contributed by atoms with E-state index in [-0.39, 0.29) is 23.9 Å². The maximum absolute atomic E-state index is 13.0. The Bertz CT molecular complexity index is 645. The van der Waals surface area contributed by atoms with E-state index in [1.807, 2.05) is 4.90 Å². The molecule has 0 aliphatic carbocycles. The molecule has 26 heavy (non-hydrogen) atoms. The highest BCUT2D eigenvalue weighted by molar-refractivity contribution is 5.93. The van der Waals surface area contributed by atoms with Crippen molar-refractivity contribution >= 4 is 11.6 Å². The summed E-state index contributed by atoms with van der Waals surface area (Å²) in [4.78, 5) is 14.2. The van der Waals surface area contributed by atoms with Gasteiger partial charge in [0.15, 0.2) is 0 Å². The number of alkyl halides is 3. The number of para-hydroxylation sites is 1. The second-order valence-corrected chi connectivity index (χ2v) is 6.82. The fraction of sp³-hybridized carbons (Fsp3) is 0.611. The number of hydrogen-bond donors (Lipinski definition) is 1. The quantitative estimate of drug-likeness (QED) is 0.883. The zero-order chi connectivity index (χ0) is 18.8. The molecule has 2 heterocycles. The molecule has 0 unspecified atom stereocenters. The normalized spacial score (nSPS) is 27.0. The van der Waals surface area contributed by atoms with Crippen molar-refractivity contribution in [2.75, 3.05) is 38.7 Å². The number of nitrogens with zero attached hydrogens (tertiary/aromatic N) is 1. The smallest absolute Gasteiger partial charge is 0.377 e. The van der Waals surface area contributed by atoms with E-state index >= 15 is 0 Å². The van der Waals surface area contributed by atoms with Crippen molar-refractivity contribution in [3.8, 4) is 0 Å². The van der Waals surface area contributed by atoms with Gasteiger partial charge in [0, 0.05) is 26.8 Å². The first-order valence-electron chi connectivity index (χ1n) is 8.69. The third-order valence-corrected chi connectivity index (χ3v) is 5.15. The fourth-order valence-electron chi connectivity index (χ4n) is 3.84. The Labute approximate surface area is 150 Å². The number of nitrogens with one attached hydrogen (secondary N) is 1. The Kier molecular flexibility index (Phi) is 5.55. The lowest BCUT2D eigenvalue weighted by atomic mass is 9.86. The van der Waals surface area contributed by atoms with E-state index in [4.69, 9.17) is 9.47 Å². The van der Waals surface area contributed by atoms with Crippen LogP contribution in [0, 0.1) is 0 Å². The van der Waals surface area contributed by atoms with Crippen molar-refractivity contribution in [2.45, 2.75) is 37.1 Å². The number of halogens is 3. The molecule has 144 valence electrons. The maximum Gasteiger partial charge on any atom is 0.418 e. The van der Waals surface area contributed by atoms with Gasteiger partial charge in [0.2, 0.25) is 5.91 Å². The predicted octanol–water partition coefficient (Wildman–Crippen LogP) is 2.91. The summed E-state index contributed by atoms with van der Waals surface area (Å²) in [5.74, 6) is -0.472. The van der Waals surface area contributed by atoms with Gasteiger partial charge in [0.1, 0.15) is 0 Å². The van der Waals surface area contributed by atoms with E-state index in [9.17, 15) is 18.0 Å². The van der Waals surface area contributed by atoms with Crippen LogP contribution in [0.1, 0.15) is 24.8 Å². The summed E-state index contributed by atoms with van der Waals surface area (Å²) in [5, 5.41) is 2.39. The van der Waals surface area contributed by atoms with E-state index < -0.39 is 17.6 Å². The zero-order valence-electron chi connectivity index (χ0n) is 14.6. The Morgan fingerprint density at radius 2 is 2.15 bits per heavy atom. The second kappa shape index (κ2) is 7.54. The number of rotatable bonds is 4. The number of ether oxygens (including phenoxy) is 2. The van der Waals surface area contributed by atoms with Crippen LogP contribution in [0.3, 0.4) is 0 Å². The molecule has 2 aliphatic rings. The van der Waals surface area contributed by atoms with Crippen LogP contribution in [-0.2, 0) is 20.4 Å². The van der Waals surface area contributed by atoms with E-state index in [1.165, 1.54) is 18.2 Å². The minimum atomic E-state index is -4.51. The highest BCUT2D eigenvalue weighted by atomic mass is 19.4. The van der Waals surface area contributed by atoms with Crippen molar-refractivity contribution in [3.05, 3.63) is 29.8 Å². The lowest BCUT2D eigenvalue weighted by Crippen LogP contribution is -2.57. The third kappa shape index (κ3) is 4.02. The lowest BCUT2D eigenvalue weighted by molar-refractivity contribution is -0.145. The minimum absolute atomic E-state index is 0.0160. The van der Waals surface area contributed by atoms with Gasteiger partial charge in [-0.05, 0) is 31.4 Å². The largest absolute Gasteiger partial charge is 0.418 e. The number of likely N-dealkylation sites (tertiary alicyclic amines) is 1. The monoisotopic (exact) mass is 372 g/mol. The van der Waals surface area contributed by atoms with Gasteiger partial charge >= 0.3 is 6.18 Å². The average Bonchev–Trinajstić information content (AvgIpc) is 3.05. The first-order valence-corrected chi connectivity index (χ1v) is 8.69. The molecular weight excluding hydrogens is 349 g/mol. The number of anilines is 1. The lowest BCUT2D eigenvalue weighted by Gasteiger charge is -2.44. The predicted molar refractivity (Wildman–Crippen MR) is 89.8 cm³/mol. The van der Waals surface area contributed by atoms with Crippen molar-refractivity contribution in [1.29, 1.82) is 0 Å². The number of benzene rings is 1. The van der Waals surface area contributed by atoms with Crippen LogP contribution in [0.5, 0.6) is 0 Å². The maximum atomic E-state index is 13.0. The number of methoxy groups -OCH3 is 1. The van der Waals surface area contributed by atoms with E-state index in [2.05, 4.69) is 5.32 Å². The fourth-order valence-corrected chi connectivity index (χ4v) is 3.84. The van der Waals surface area contributed by atoms with Crippen LogP contribution in [0.25, 0.3) is 0 Å². The molecule has 2 fully saturated rings. The molecule has 2 atom stereocenters. The van der Waals surface area contributed by atoms with Gasteiger partial charge in [-0.1, -0.05) is 12.1 Å². The number of amides is 1. The van der Waals surface area contributed by atoms with Crippen LogP contribution < -0.4 is 5.32 Å². The second-order valence-electron chi connectivity index (χ2n) is 6.82. The topological polar surface area (TPSA) is 50.8 Å². The summed E-state index contributed by atoms with van der Waals surface area (Å²) in [7, 11) is 1.62. The number of carbonyl (C=O) groups excluding carboxylic acids is 1. The highest BCUT2D eigenvalue weighted by Crippen LogP contribution is 2.37. The van der Waals surface area contributed by atoms with Crippen molar-refractivity contribution < 1.29 is 27.4 Å². The number of carbonyl (C=O) groups is 1. The van der Waals surface area contributed by atoms with E-state index in [1.54, 1.807) is 7.11 Å². The SMILES string of the molecule is CO[C@@H]1CN(CC(=O)Nc2ccccc2C(F)(F)F)CC[C@]12CCCO2. The molecule has 1 aromatic carbocycles. The van der Waals surface area contributed by atoms with Gasteiger partial charge in [-0.15, -0.1) is 0 Å². The summed E-state index contributed by atoms with van der Waals surface area (Å²) < 4.78 is 50.6. The molecule has 1 amide bonds. The molecule has 1 spiro atoms. The summed E-state index contributed by atoms with van der Waals surface area (Å²) >= 11 is 0. The highest BCUT2D eigenvalue weighted by Gasteiger charge is 2.46. The van der Waals surface area contributed by atoms with Gasteiger partial charge in [0.25, 0.3) is 0 Å². The molecule has 0 saturated carbocycles. The molecule has 1 aromatic rings. The van der Waals surface area contributed by atoms with Gasteiger partial charge in [-0.2, -0.15) is 13.2 Å². The molecule has 1 N–H and O–H groups in total. The molecule has 0 radical (unpaired) electrons. The average molecular weight is 372 g/mol. The third-order valence-electron chi connectivity index (χ3n) is 5.15. The molecule has 0 bridgehead atoms. The van der Waals surface area contributed by atoms with Crippen LogP contribution in [0.4, 0.5) is 18.9 Å². The Hall–Kier alpha value is -1.64. The molecule has 5 nitrogen and oxygen atoms in total. The standard InChI is InChI=1S/C18H23F3N2O3/c1-25-15-11-23(9-8-17(15)7-4-10-26-17)12-16(24)22-14-6-3-2-5-13(14)18(19,20)21/h2-3,5-6,15H,4,7-12H2,1H3,(H,22,24)/t15-,17-/m1/s1. The van der Waals surface area contributed by atoms with Crippen LogP contribution in [0.15, 0.2) is 24.3 Å². The van der Waals surface area contributed by atoms with Crippen LogP contribution >= 0.6 is 0 Å². The van der Waals surface area contributed by atoms with Gasteiger partial charge in [0.05, 0.1) is 29.5 Å². The summed E-state index contributed by atoms with van der Waals surface area (Å²) in [6, 6.07) is 4.98. The molecule has 2 aliphatic heterocycles. The summed E-state index contributed by atoms with van der Waals surface area (Å²) in [6.07, 6.45) is -1.98. The Morgan fingerprint density at radius 1 is 1.38 bits per heavy atom. The van der Waals surface area contributed by atoms with Crippen LogP contribution in [0.2, 0.25) is 0 Å². The first-order chi connectivity index (χ1) is 12.3. The van der Waals surface area contributed by atoms with Crippen molar-refractivity contribution in [1.82, 2.24) is 4.90 Å². The molecule has 8 heteroatoms. The van der Waals surface area contributed by atoms with Gasteiger partial charge < -0.3 is 14.8 Å². The molecule has 0 aromatic heterocycles. The number of piperidine rings is 1. The first kappa shape index (κ1) is 19.1. The summed E-state index contributed by atoms with van der Waals surface area (Å²) in [5.41, 5.74) is -1.36. The van der Waals surface area contributed by atoms with Gasteiger partial charge in [-0.3, -0.25) is 9.69 Å². The molecule has 2 saturated heterocycles. The van der Waals surface area contributed by atoms with E-state index in [0.717, 1.165) is 25.3 Å². The Balaban J connectivity index is 1.61. The molecule has 3 rings (SSSR count). The number of hydrogen-bond acceptors (Lipinski definition) is 4. The minimum Gasteiger partial charge on any atom is -0.377 e. The molecular formula is C18H23F3N2O3. The van der Waals surface area contributed by atoms with Crippen molar-refractivity contribution in [3.63, 3.8) is 0 Å². The van der Waals surface area contributed by atoms with Crippen LogP contribution in [-0.4, -0.2) is 55.9 Å². The van der Waals surface area contributed by atoms with Gasteiger partial charge in [-0.25, -0.2) is 0 Å². The van der Waals surface area contributed by atoms with Crippen molar-refractivity contribution in [2.24, 2.45) is 0 Å².